The van der Waals surface area contributed by atoms with E-state index in [1.807, 2.05) is 26.0 Å². The summed E-state index contributed by atoms with van der Waals surface area (Å²) in [5.74, 6) is -0.0888. The molecule has 0 atom stereocenters. The Morgan fingerprint density at radius 1 is 1.53 bits per heavy atom. The normalized spacial score (nSPS) is 9.76. The Morgan fingerprint density at radius 2 is 2.24 bits per heavy atom. The molecule has 0 aliphatic rings. The van der Waals surface area contributed by atoms with Gasteiger partial charge in [0.25, 0.3) is 5.91 Å². The maximum atomic E-state index is 12.1. The average Bonchev–Trinajstić information content (AvgIpc) is 2.31. The standard InChI is InChI=1S/C13H15BrN2O/c1-3-7-16(8-6-15)13(17)11-5-4-10(2)12(14)9-11/h4-5,9H,3,7-8H2,1-2H3. The molecule has 3 nitrogen and oxygen atoms in total. The lowest BCUT2D eigenvalue weighted by molar-refractivity contribution is 0.0776. The van der Waals surface area contributed by atoms with Crippen LogP contribution in [0.25, 0.3) is 0 Å². The fourth-order valence-electron chi connectivity index (χ4n) is 1.52. The number of halogens is 1. The summed E-state index contributed by atoms with van der Waals surface area (Å²) < 4.78 is 0.914. The Balaban J connectivity index is 2.93. The molecule has 0 bridgehead atoms. The predicted molar refractivity (Wildman–Crippen MR) is 70.7 cm³/mol. The number of hydrogen-bond donors (Lipinski definition) is 0. The average molecular weight is 295 g/mol. The van der Waals surface area contributed by atoms with Crippen molar-refractivity contribution in [3.8, 4) is 6.07 Å². The number of hydrogen-bond acceptors (Lipinski definition) is 2. The van der Waals surface area contributed by atoms with Crippen LogP contribution in [0.1, 0.15) is 29.3 Å². The fraction of sp³-hybridized carbons (Fsp3) is 0.385. The van der Waals surface area contributed by atoms with Crippen molar-refractivity contribution in [2.45, 2.75) is 20.3 Å². The summed E-state index contributed by atoms with van der Waals surface area (Å²) in [6.45, 7) is 4.70. The molecule has 4 heteroatoms. The minimum atomic E-state index is -0.0888. The van der Waals surface area contributed by atoms with E-state index >= 15 is 0 Å². The number of nitrogens with zero attached hydrogens (tertiary/aromatic N) is 2. The van der Waals surface area contributed by atoms with Crippen molar-refractivity contribution < 1.29 is 4.79 Å². The molecule has 1 rings (SSSR count). The van der Waals surface area contributed by atoms with Crippen molar-refractivity contribution in [1.29, 1.82) is 5.26 Å². The quantitative estimate of drug-likeness (QED) is 0.801. The molecule has 0 radical (unpaired) electrons. The van der Waals surface area contributed by atoms with Gasteiger partial charge in [0.15, 0.2) is 0 Å². The maximum absolute atomic E-state index is 12.1. The molecule has 17 heavy (non-hydrogen) atoms. The zero-order chi connectivity index (χ0) is 12.8. The number of amides is 1. The number of carbonyl (C=O) groups excluding carboxylic acids is 1. The van der Waals surface area contributed by atoms with Crippen LogP contribution < -0.4 is 0 Å². The summed E-state index contributed by atoms with van der Waals surface area (Å²) in [6, 6.07) is 7.52. The van der Waals surface area contributed by atoms with Crippen molar-refractivity contribution >= 4 is 21.8 Å². The highest BCUT2D eigenvalue weighted by atomic mass is 79.9. The molecular formula is C13H15BrN2O. The molecule has 90 valence electrons. The van der Waals surface area contributed by atoms with E-state index in [-0.39, 0.29) is 12.5 Å². The highest BCUT2D eigenvalue weighted by molar-refractivity contribution is 9.10. The van der Waals surface area contributed by atoms with Crippen molar-refractivity contribution in [2.75, 3.05) is 13.1 Å². The van der Waals surface area contributed by atoms with Crippen LogP contribution in [0, 0.1) is 18.3 Å². The second-order valence-electron chi connectivity index (χ2n) is 3.85. The summed E-state index contributed by atoms with van der Waals surface area (Å²) in [5, 5.41) is 8.70. The second kappa shape index (κ2) is 6.41. The molecule has 0 unspecified atom stereocenters. The van der Waals surface area contributed by atoms with Crippen LogP contribution in [0.2, 0.25) is 0 Å². The molecule has 1 aromatic carbocycles. The smallest absolute Gasteiger partial charge is 0.254 e. The van der Waals surface area contributed by atoms with Gasteiger partial charge >= 0.3 is 0 Å². The van der Waals surface area contributed by atoms with Gasteiger partial charge in [0.05, 0.1) is 6.07 Å². The molecular weight excluding hydrogens is 280 g/mol. The fourth-order valence-corrected chi connectivity index (χ4v) is 1.89. The Hall–Kier alpha value is -1.34. The summed E-state index contributed by atoms with van der Waals surface area (Å²) in [7, 11) is 0. The minimum absolute atomic E-state index is 0.0888. The monoisotopic (exact) mass is 294 g/mol. The van der Waals surface area contributed by atoms with Gasteiger partial charge in [-0.1, -0.05) is 28.9 Å². The van der Waals surface area contributed by atoms with Gasteiger partial charge in [-0.3, -0.25) is 4.79 Å². The summed E-state index contributed by atoms with van der Waals surface area (Å²) >= 11 is 3.41. The van der Waals surface area contributed by atoms with Crippen molar-refractivity contribution in [1.82, 2.24) is 4.90 Å². The third kappa shape index (κ3) is 3.57. The largest absolute Gasteiger partial charge is 0.325 e. The molecule has 0 aliphatic heterocycles. The van der Waals surface area contributed by atoms with Crippen LogP contribution in [0.5, 0.6) is 0 Å². The second-order valence-corrected chi connectivity index (χ2v) is 4.70. The Bertz CT molecular complexity index is 451. The van der Waals surface area contributed by atoms with Crippen molar-refractivity contribution in [2.24, 2.45) is 0 Å². The Labute approximate surface area is 110 Å². The number of rotatable bonds is 4. The van der Waals surface area contributed by atoms with Crippen LogP contribution in [0.4, 0.5) is 0 Å². The van der Waals surface area contributed by atoms with Crippen molar-refractivity contribution in [3.63, 3.8) is 0 Å². The number of carbonyl (C=O) groups is 1. The van der Waals surface area contributed by atoms with Crippen LogP contribution in [-0.4, -0.2) is 23.9 Å². The van der Waals surface area contributed by atoms with Gasteiger partial charge in [-0.2, -0.15) is 5.26 Å². The highest BCUT2D eigenvalue weighted by Crippen LogP contribution is 2.18. The zero-order valence-electron chi connectivity index (χ0n) is 10.0. The summed E-state index contributed by atoms with van der Waals surface area (Å²) in [6.07, 6.45) is 0.848. The number of nitriles is 1. The van der Waals surface area contributed by atoms with E-state index < -0.39 is 0 Å². The van der Waals surface area contributed by atoms with Gasteiger partial charge in [-0.25, -0.2) is 0 Å². The molecule has 0 heterocycles. The van der Waals surface area contributed by atoms with Crippen LogP contribution >= 0.6 is 15.9 Å². The van der Waals surface area contributed by atoms with Crippen LogP contribution in [-0.2, 0) is 0 Å². The molecule has 1 aromatic rings. The summed E-state index contributed by atoms with van der Waals surface area (Å²) in [4.78, 5) is 13.7. The van der Waals surface area contributed by atoms with E-state index in [9.17, 15) is 4.79 Å². The molecule has 0 aromatic heterocycles. The molecule has 0 spiro atoms. The zero-order valence-corrected chi connectivity index (χ0v) is 11.6. The SMILES string of the molecule is CCCN(CC#N)C(=O)c1ccc(C)c(Br)c1. The first-order valence-corrected chi connectivity index (χ1v) is 6.31. The van der Waals surface area contributed by atoms with Crippen LogP contribution in [0.15, 0.2) is 22.7 Å². The maximum Gasteiger partial charge on any atom is 0.254 e. The van der Waals surface area contributed by atoms with Gasteiger partial charge < -0.3 is 4.90 Å². The van der Waals surface area contributed by atoms with Crippen LogP contribution in [0.3, 0.4) is 0 Å². The molecule has 0 fully saturated rings. The lowest BCUT2D eigenvalue weighted by atomic mass is 10.1. The first-order chi connectivity index (χ1) is 8.10. The first kappa shape index (κ1) is 13.7. The van der Waals surface area contributed by atoms with E-state index in [0.29, 0.717) is 12.1 Å². The molecule has 0 N–H and O–H groups in total. The lowest BCUT2D eigenvalue weighted by Crippen LogP contribution is -2.32. The third-order valence-corrected chi connectivity index (χ3v) is 3.32. The van der Waals surface area contributed by atoms with E-state index in [4.69, 9.17) is 5.26 Å². The van der Waals surface area contributed by atoms with E-state index in [1.165, 1.54) is 0 Å². The van der Waals surface area contributed by atoms with E-state index in [0.717, 1.165) is 16.5 Å². The third-order valence-electron chi connectivity index (χ3n) is 2.46. The molecule has 0 saturated heterocycles. The molecule has 0 aliphatic carbocycles. The first-order valence-electron chi connectivity index (χ1n) is 5.52. The Kier molecular flexibility index (Phi) is 5.17. The topological polar surface area (TPSA) is 44.1 Å². The van der Waals surface area contributed by atoms with Crippen molar-refractivity contribution in [3.05, 3.63) is 33.8 Å². The number of aryl methyl sites for hydroxylation is 1. The lowest BCUT2D eigenvalue weighted by Gasteiger charge is -2.19. The highest BCUT2D eigenvalue weighted by Gasteiger charge is 2.15. The predicted octanol–water partition coefficient (Wildman–Crippen LogP) is 3.13. The van der Waals surface area contributed by atoms with Gasteiger partial charge in [0, 0.05) is 16.6 Å². The van der Waals surface area contributed by atoms with Gasteiger partial charge in [0.1, 0.15) is 6.54 Å². The molecule has 1 amide bonds. The molecule has 0 saturated carbocycles. The van der Waals surface area contributed by atoms with Gasteiger partial charge in [-0.15, -0.1) is 0 Å². The van der Waals surface area contributed by atoms with Gasteiger partial charge in [-0.05, 0) is 31.0 Å². The Morgan fingerprint density at radius 3 is 2.76 bits per heavy atom. The van der Waals surface area contributed by atoms with E-state index in [2.05, 4.69) is 15.9 Å². The number of benzene rings is 1. The summed E-state index contributed by atoms with van der Waals surface area (Å²) in [5.41, 5.74) is 1.70. The minimum Gasteiger partial charge on any atom is -0.325 e. The van der Waals surface area contributed by atoms with E-state index in [1.54, 1.807) is 17.0 Å². The van der Waals surface area contributed by atoms with Gasteiger partial charge in [0.2, 0.25) is 0 Å².